The van der Waals surface area contributed by atoms with Gasteiger partial charge in [-0.15, -0.1) is 0 Å². The van der Waals surface area contributed by atoms with Gasteiger partial charge in [0.1, 0.15) is 22.4 Å². The Hall–Kier alpha value is -3.08. The topological polar surface area (TPSA) is 95.8 Å². The van der Waals surface area contributed by atoms with Crippen LogP contribution < -0.4 is 5.32 Å². The first-order valence-corrected chi connectivity index (χ1v) is 12.0. The zero-order valence-electron chi connectivity index (χ0n) is 18.4. The number of rotatable bonds is 6. The SMILES string of the molecule is Cc1noc(C)c1S(=O)(=O)N1CCN([C@H](C(=O)Nc2ccc(F)cc2)c2ccccc2)CC1. The van der Waals surface area contributed by atoms with Crippen molar-refractivity contribution in [3.8, 4) is 0 Å². The molecular weight excluding hydrogens is 447 g/mol. The second-order valence-electron chi connectivity index (χ2n) is 7.90. The van der Waals surface area contributed by atoms with Crippen molar-refractivity contribution < 1.29 is 22.1 Å². The molecule has 0 bridgehead atoms. The number of hydrogen-bond acceptors (Lipinski definition) is 6. The standard InChI is InChI=1S/C23H25FN4O4S/c1-16-22(17(2)32-26-16)33(30,31)28-14-12-27(13-15-28)21(18-6-4-3-5-7-18)23(29)25-20-10-8-19(24)9-11-20/h3-11,21H,12-15H2,1-2H3,(H,25,29)/t21-/m0/s1. The van der Waals surface area contributed by atoms with Crippen molar-refractivity contribution in [2.24, 2.45) is 0 Å². The molecule has 8 nitrogen and oxygen atoms in total. The highest BCUT2D eigenvalue weighted by Gasteiger charge is 2.36. The molecule has 174 valence electrons. The molecule has 1 aromatic heterocycles. The van der Waals surface area contributed by atoms with Gasteiger partial charge in [-0.3, -0.25) is 9.69 Å². The summed E-state index contributed by atoms with van der Waals surface area (Å²) in [5, 5.41) is 6.60. The van der Waals surface area contributed by atoms with Gasteiger partial charge in [-0.05, 0) is 43.7 Å². The first-order valence-electron chi connectivity index (χ1n) is 10.6. The molecular formula is C23H25FN4O4S. The predicted octanol–water partition coefficient (Wildman–Crippen LogP) is 3.12. The van der Waals surface area contributed by atoms with Crippen LogP contribution in [-0.4, -0.2) is 54.9 Å². The second kappa shape index (κ2) is 9.42. The van der Waals surface area contributed by atoms with Gasteiger partial charge < -0.3 is 9.84 Å². The van der Waals surface area contributed by atoms with E-state index in [0.29, 0.717) is 24.5 Å². The number of halogens is 1. The van der Waals surface area contributed by atoms with Crippen LogP contribution in [0.4, 0.5) is 10.1 Å². The molecule has 1 aliphatic rings. The molecule has 0 spiro atoms. The number of anilines is 1. The van der Waals surface area contributed by atoms with Crippen molar-refractivity contribution in [2.45, 2.75) is 24.8 Å². The number of nitrogens with one attached hydrogen (secondary N) is 1. The van der Waals surface area contributed by atoms with Crippen LogP contribution in [0, 0.1) is 19.7 Å². The van der Waals surface area contributed by atoms with Crippen LogP contribution >= 0.6 is 0 Å². The van der Waals surface area contributed by atoms with Gasteiger partial charge in [-0.25, -0.2) is 12.8 Å². The number of nitrogens with zero attached hydrogens (tertiary/aromatic N) is 3. The number of sulfonamides is 1. The van der Waals surface area contributed by atoms with E-state index in [1.807, 2.05) is 35.2 Å². The van der Waals surface area contributed by atoms with Crippen LogP contribution in [-0.2, 0) is 14.8 Å². The minimum atomic E-state index is -3.75. The molecule has 0 radical (unpaired) electrons. The van der Waals surface area contributed by atoms with Crippen molar-refractivity contribution in [3.63, 3.8) is 0 Å². The molecule has 1 N–H and O–H groups in total. The van der Waals surface area contributed by atoms with E-state index >= 15 is 0 Å². The molecule has 1 fully saturated rings. The number of amides is 1. The molecule has 1 aliphatic heterocycles. The Balaban J connectivity index is 1.53. The lowest BCUT2D eigenvalue weighted by Gasteiger charge is -2.38. The number of benzene rings is 2. The lowest BCUT2D eigenvalue weighted by molar-refractivity contribution is -0.122. The second-order valence-corrected chi connectivity index (χ2v) is 9.78. The van der Waals surface area contributed by atoms with Gasteiger partial charge in [0.15, 0.2) is 5.76 Å². The van der Waals surface area contributed by atoms with E-state index in [0.717, 1.165) is 5.56 Å². The van der Waals surface area contributed by atoms with Crippen LogP contribution in [0.25, 0.3) is 0 Å². The summed E-state index contributed by atoms with van der Waals surface area (Å²) in [4.78, 5) is 15.3. The molecule has 2 aromatic carbocycles. The van der Waals surface area contributed by atoms with Gasteiger partial charge in [-0.2, -0.15) is 4.31 Å². The normalized spacial score (nSPS) is 16.5. The summed E-state index contributed by atoms with van der Waals surface area (Å²) in [6.07, 6.45) is 0. The molecule has 0 unspecified atom stereocenters. The zero-order chi connectivity index (χ0) is 23.6. The summed E-state index contributed by atoms with van der Waals surface area (Å²) in [5.74, 6) is -0.395. The van der Waals surface area contributed by atoms with Crippen molar-refractivity contribution in [3.05, 3.63) is 77.4 Å². The highest BCUT2D eigenvalue weighted by molar-refractivity contribution is 7.89. The number of hydrogen-bond donors (Lipinski definition) is 1. The van der Waals surface area contributed by atoms with Crippen LogP contribution in [0.1, 0.15) is 23.1 Å². The number of aromatic nitrogens is 1. The summed E-state index contributed by atoms with van der Waals surface area (Å²) in [6.45, 7) is 4.34. The maximum Gasteiger partial charge on any atom is 0.248 e. The van der Waals surface area contributed by atoms with Crippen molar-refractivity contribution in [2.75, 3.05) is 31.5 Å². The Bertz CT molecular complexity index is 1200. The smallest absolute Gasteiger partial charge is 0.248 e. The van der Waals surface area contributed by atoms with E-state index in [1.54, 1.807) is 13.8 Å². The molecule has 1 amide bonds. The minimum Gasteiger partial charge on any atom is -0.360 e. The van der Waals surface area contributed by atoms with Gasteiger partial charge in [0.25, 0.3) is 0 Å². The fourth-order valence-corrected chi connectivity index (χ4v) is 5.79. The third kappa shape index (κ3) is 4.82. The average Bonchev–Trinajstić information content (AvgIpc) is 3.15. The Kier molecular flexibility index (Phi) is 6.59. The van der Waals surface area contributed by atoms with E-state index in [1.165, 1.54) is 28.6 Å². The number of aryl methyl sites for hydroxylation is 2. The molecule has 4 rings (SSSR count). The first-order chi connectivity index (χ1) is 15.8. The first kappa shape index (κ1) is 23.1. The van der Waals surface area contributed by atoms with Crippen molar-refractivity contribution in [1.29, 1.82) is 0 Å². The summed E-state index contributed by atoms with van der Waals surface area (Å²) in [7, 11) is -3.75. The highest BCUT2D eigenvalue weighted by Crippen LogP contribution is 2.28. The maximum absolute atomic E-state index is 13.3. The molecule has 1 atom stereocenters. The van der Waals surface area contributed by atoms with Crippen LogP contribution in [0.3, 0.4) is 0 Å². The van der Waals surface area contributed by atoms with E-state index in [2.05, 4.69) is 10.5 Å². The van der Waals surface area contributed by atoms with Crippen LogP contribution in [0.2, 0.25) is 0 Å². The maximum atomic E-state index is 13.3. The molecule has 3 aromatic rings. The molecule has 0 aliphatic carbocycles. The van der Waals surface area contributed by atoms with Crippen molar-refractivity contribution >= 4 is 21.6 Å². The van der Waals surface area contributed by atoms with Gasteiger partial charge in [0.05, 0.1) is 0 Å². The monoisotopic (exact) mass is 472 g/mol. The summed E-state index contributed by atoms with van der Waals surface area (Å²) in [5.41, 5.74) is 1.61. The van der Waals surface area contributed by atoms with E-state index in [9.17, 15) is 17.6 Å². The Labute approximate surface area is 192 Å². The van der Waals surface area contributed by atoms with E-state index < -0.39 is 16.1 Å². The number of carbonyl (C=O) groups excluding carboxylic acids is 1. The Morgan fingerprint density at radius 3 is 2.24 bits per heavy atom. The van der Waals surface area contributed by atoms with Gasteiger partial charge in [0.2, 0.25) is 15.9 Å². The van der Waals surface area contributed by atoms with E-state index in [-0.39, 0.29) is 35.5 Å². The predicted molar refractivity (Wildman–Crippen MR) is 121 cm³/mol. The molecule has 10 heteroatoms. The van der Waals surface area contributed by atoms with Gasteiger partial charge >= 0.3 is 0 Å². The molecule has 1 saturated heterocycles. The lowest BCUT2D eigenvalue weighted by Crippen LogP contribution is -2.51. The quantitative estimate of drug-likeness (QED) is 0.592. The molecule has 2 heterocycles. The van der Waals surface area contributed by atoms with Gasteiger partial charge in [0, 0.05) is 31.9 Å². The number of piperazine rings is 1. The Morgan fingerprint density at radius 1 is 1.03 bits per heavy atom. The fraction of sp³-hybridized carbons (Fsp3) is 0.304. The van der Waals surface area contributed by atoms with Gasteiger partial charge in [-0.1, -0.05) is 35.5 Å². The average molecular weight is 473 g/mol. The minimum absolute atomic E-state index is 0.101. The van der Waals surface area contributed by atoms with Crippen molar-refractivity contribution in [1.82, 2.24) is 14.4 Å². The summed E-state index contributed by atoms with van der Waals surface area (Å²) < 4.78 is 46.0. The largest absolute Gasteiger partial charge is 0.360 e. The lowest BCUT2D eigenvalue weighted by atomic mass is 10.0. The Morgan fingerprint density at radius 2 is 1.67 bits per heavy atom. The third-order valence-electron chi connectivity index (χ3n) is 5.68. The highest BCUT2D eigenvalue weighted by atomic mass is 32.2. The summed E-state index contributed by atoms with van der Waals surface area (Å²) >= 11 is 0. The molecule has 33 heavy (non-hydrogen) atoms. The van der Waals surface area contributed by atoms with Crippen LogP contribution in [0.15, 0.2) is 64.0 Å². The zero-order valence-corrected chi connectivity index (χ0v) is 19.2. The fourth-order valence-electron chi connectivity index (χ4n) is 4.08. The van der Waals surface area contributed by atoms with E-state index in [4.69, 9.17) is 4.52 Å². The molecule has 0 saturated carbocycles. The van der Waals surface area contributed by atoms with Crippen LogP contribution in [0.5, 0.6) is 0 Å². The number of carbonyl (C=O) groups is 1. The summed E-state index contributed by atoms with van der Waals surface area (Å²) in [6, 6.07) is 14.2. The third-order valence-corrected chi connectivity index (χ3v) is 7.82.